The Balaban J connectivity index is 2.58. The quantitative estimate of drug-likeness (QED) is 0.876. The van der Waals surface area contributed by atoms with Gasteiger partial charge in [-0.25, -0.2) is 8.42 Å². The van der Waals surface area contributed by atoms with Crippen LogP contribution in [0.4, 0.5) is 5.69 Å². The zero-order chi connectivity index (χ0) is 12.9. The van der Waals surface area contributed by atoms with E-state index >= 15 is 0 Å². The maximum atomic E-state index is 11.7. The normalized spacial score (nSPS) is 11.8. The summed E-state index contributed by atoms with van der Waals surface area (Å²) in [6.07, 6.45) is 0.0358. The van der Waals surface area contributed by atoms with Gasteiger partial charge in [0.1, 0.15) is 0 Å². The molecule has 0 amide bonds. The Kier molecular flexibility index (Phi) is 5.42. The lowest BCUT2D eigenvalue weighted by Gasteiger charge is -2.11. The van der Waals surface area contributed by atoms with Crippen molar-refractivity contribution >= 4 is 31.6 Å². The minimum atomic E-state index is -3.36. The first-order chi connectivity index (χ1) is 7.91. The number of nitrogens with one attached hydrogen (secondary N) is 1. The van der Waals surface area contributed by atoms with Crippen molar-refractivity contribution in [2.75, 3.05) is 17.1 Å². The summed E-state index contributed by atoms with van der Waals surface area (Å²) >= 11 is 3.28. The van der Waals surface area contributed by atoms with Gasteiger partial charge in [0, 0.05) is 4.47 Å². The summed E-state index contributed by atoms with van der Waals surface area (Å²) < 4.78 is 31.9. The number of hydrogen-bond acceptors (Lipinski definition) is 3. The van der Waals surface area contributed by atoms with Crippen molar-refractivity contribution in [3.63, 3.8) is 0 Å². The number of rotatable bonds is 6. The Hall–Kier alpha value is -0.590. The topological polar surface area (TPSA) is 55.4 Å². The summed E-state index contributed by atoms with van der Waals surface area (Å²) in [7, 11) is -3.36. The fraction of sp³-hybridized carbons (Fsp3) is 0.455. The van der Waals surface area contributed by atoms with Gasteiger partial charge in [-0.1, -0.05) is 12.1 Å². The molecule has 0 heterocycles. The molecule has 4 nitrogen and oxygen atoms in total. The average Bonchev–Trinajstić information content (AvgIpc) is 2.20. The van der Waals surface area contributed by atoms with Gasteiger partial charge >= 0.3 is 0 Å². The van der Waals surface area contributed by atoms with E-state index in [4.69, 9.17) is 4.74 Å². The summed E-state index contributed by atoms with van der Waals surface area (Å²) in [5, 5.41) is 0. The van der Waals surface area contributed by atoms with Crippen molar-refractivity contribution in [3.8, 4) is 0 Å². The highest BCUT2D eigenvalue weighted by molar-refractivity contribution is 9.10. The summed E-state index contributed by atoms with van der Waals surface area (Å²) in [5.74, 6) is -0.0491. The molecule has 0 aromatic heterocycles. The van der Waals surface area contributed by atoms with Crippen LogP contribution in [0, 0.1) is 0 Å². The van der Waals surface area contributed by atoms with Crippen LogP contribution in [0.1, 0.15) is 13.8 Å². The van der Waals surface area contributed by atoms with Gasteiger partial charge < -0.3 is 4.74 Å². The van der Waals surface area contributed by atoms with E-state index in [9.17, 15) is 8.42 Å². The third kappa shape index (κ3) is 5.52. The first kappa shape index (κ1) is 14.5. The second-order valence-electron chi connectivity index (χ2n) is 3.82. The van der Waals surface area contributed by atoms with Crippen molar-refractivity contribution in [2.24, 2.45) is 0 Å². The van der Waals surface area contributed by atoms with Gasteiger partial charge in [0.15, 0.2) is 0 Å². The number of hydrogen-bond donors (Lipinski definition) is 1. The number of benzene rings is 1. The molecular formula is C11H16BrNO3S. The van der Waals surface area contributed by atoms with Crippen molar-refractivity contribution in [3.05, 3.63) is 28.7 Å². The van der Waals surface area contributed by atoms with E-state index in [0.717, 1.165) is 0 Å². The fourth-order valence-electron chi connectivity index (χ4n) is 1.16. The van der Waals surface area contributed by atoms with Gasteiger partial charge in [-0.05, 0) is 41.9 Å². The van der Waals surface area contributed by atoms with E-state index in [1.807, 2.05) is 19.9 Å². The molecule has 0 atom stereocenters. The second kappa shape index (κ2) is 6.37. The van der Waals surface area contributed by atoms with Crippen LogP contribution in [0.25, 0.3) is 0 Å². The van der Waals surface area contributed by atoms with Crippen LogP contribution in [-0.2, 0) is 14.8 Å². The molecule has 0 fully saturated rings. The van der Waals surface area contributed by atoms with Crippen LogP contribution in [0.2, 0.25) is 0 Å². The highest BCUT2D eigenvalue weighted by Crippen LogP contribution is 2.22. The molecule has 6 heteroatoms. The van der Waals surface area contributed by atoms with Gasteiger partial charge in [-0.2, -0.15) is 0 Å². The summed E-state index contributed by atoms with van der Waals surface area (Å²) in [5.41, 5.74) is 0.539. The number of para-hydroxylation sites is 1. The molecule has 1 rings (SSSR count). The molecule has 0 bridgehead atoms. The monoisotopic (exact) mass is 321 g/mol. The minimum Gasteiger partial charge on any atom is -0.378 e. The lowest BCUT2D eigenvalue weighted by molar-refractivity contribution is 0.0913. The standard InChI is InChI=1S/C11H16BrNO3S/c1-9(2)16-7-8-17(14,15)13-11-6-4-3-5-10(11)12/h3-6,9,13H,7-8H2,1-2H3. The molecule has 0 unspecified atom stereocenters. The Morgan fingerprint density at radius 1 is 1.35 bits per heavy atom. The molecule has 0 saturated carbocycles. The van der Waals surface area contributed by atoms with Crippen LogP contribution in [0.3, 0.4) is 0 Å². The first-order valence-corrected chi connectivity index (χ1v) is 7.72. The molecule has 0 aliphatic rings. The van der Waals surface area contributed by atoms with Gasteiger partial charge in [-0.15, -0.1) is 0 Å². The average molecular weight is 322 g/mol. The minimum absolute atomic E-state index is 0.0358. The summed E-state index contributed by atoms with van der Waals surface area (Å²) in [6, 6.07) is 7.07. The van der Waals surface area contributed by atoms with E-state index in [2.05, 4.69) is 20.7 Å². The summed E-state index contributed by atoms with van der Waals surface area (Å²) in [6.45, 7) is 3.93. The van der Waals surface area contributed by atoms with E-state index in [1.165, 1.54) is 0 Å². The zero-order valence-corrected chi connectivity index (χ0v) is 12.2. The van der Waals surface area contributed by atoms with Crippen LogP contribution in [-0.4, -0.2) is 26.9 Å². The maximum absolute atomic E-state index is 11.7. The molecule has 0 radical (unpaired) electrons. The number of sulfonamides is 1. The van der Waals surface area contributed by atoms with Gasteiger partial charge in [0.25, 0.3) is 0 Å². The predicted molar refractivity (Wildman–Crippen MR) is 72.6 cm³/mol. The van der Waals surface area contributed by atoms with Gasteiger partial charge in [0.2, 0.25) is 10.0 Å². The van der Waals surface area contributed by atoms with E-state index in [0.29, 0.717) is 10.2 Å². The zero-order valence-electron chi connectivity index (χ0n) is 9.81. The van der Waals surface area contributed by atoms with E-state index in [-0.39, 0.29) is 18.5 Å². The van der Waals surface area contributed by atoms with Crippen molar-refractivity contribution in [2.45, 2.75) is 20.0 Å². The maximum Gasteiger partial charge on any atom is 0.235 e. The highest BCUT2D eigenvalue weighted by Gasteiger charge is 2.12. The molecule has 17 heavy (non-hydrogen) atoms. The molecule has 96 valence electrons. The van der Waals surface area contributed by atoms with E-state index in [1.54, 1.807) is 18.2 Å². The number of ether oxygens (including phenoxy) is 1. The van der Waals surface area contributed by atoms with Crippen LogP contribution >= 0.6 is 15.9 Å². The molecular weight excluding hydrogens is 306 g/mol. The fourth-order valence-corrected chi connectivity index (χ4v) is 2.60. The third-order valence-corrected chi connectivity index (χ3v) is 3.87. The lowest BCUT2D eigenvalue weighted by Crippen LogP contribution is -2.21. The highest BCUT2D eigenvalue weighted by atomic mass is 79.9. The Morgan fingerprint density at radius 3 is 2.59 bits per heavy atom. The van der Waals surface area contributed by atoms with Crippen molar-refractivity contribution in [1.29, 1.82) is 0 Å². The van der Waals surface area contributed by atoms with Gasteiger partial charge in [-0.3, -0.25) is 4.72 Å². The molecule has 0 aliphatic heterocycles. The van der Waals surface area contributed by atoms with E-state index < -0.39 is 10.0 Å². The number of halogens is 1. The van der Waals surface area contributed by atoms with Crippen LogP contribution in [0.15, 0.2) is 28.7 Å². The smallest absolute Gasteiger partial charge is 0.235 e. The molecule has 0 spiro atoms. The van der Waals surface area contributed by atoms with Crippen molar-refractivity contribution < 1.29 is 13.2 Å². The second-order valence-corrected chi connectivity index (χ2v) is 6.52. The molecule has 0 saturated heterocycles. The SMILES string of the molecule is CC(C)OCCS(=O)(=O)Nc1ccccc1Br. The van der Waals surface area contributed by atoms with Crippen LogP contribution in [0.5, 0.6) is 0 Å². The Labute approximate surface area is 111 Å². The van der Waals surface area contributed by atoms with Crippen LogP contribution < -0.4 is 4.72 Å². The third-order valence-electron chi connectivity index (χ3n) is 1.94. The molecule has 1 aromatic rings. The van der Waals surface area contributed by atoms with Gasteiger partial charge in [0.05, 0.1) is 24.2 Å². The molecule has 1 aromatic carbocycles. The lowest BCUT2D eigenvalue weighted by atomic mass is 10.3. The summed E-state index contributed by atoms with van der Waals surface area (Å²) in [4.78, 5) is 0. The predicted octanol–water partition coefficient (Wildman–Crippen LogP) is 2.62. The molecule has 0 aliphatic carbocycles. The molecule has 1 N–H and O–H groups in total. The van der Waals surface area contributed by atoms with Crippen molar-refractivity contribution in [1.82, 2.24) is 0 Å². The number of anilines is 1. The Morgan fingerprint density at radius 2 is 2.00 bits per heavy atom. The first-order valence-electron chi connectivity index (χ1n) is 5.27. The Bertz CT molecular complexity index is 460. The largest absolute Gasteiger partial charge is 0.378 e.